The number of hydrogen-bond acceptors (Lipinski definition) is 4. The first-order valence-electron chi connectivity index (χ1n) is 8.93. The molecule has 1 aliphatic heterocycles. The Balaban J connectivity index is 1.47. The summed E-state index contributed by atoms with van der Waals surface area (Å²) in [6.45, 7) is 3.91. The van der Waals surface area contributed by atoms with Crippen molar-refractivity contribution in [3.05, 3.63) is 46.5 Å². The third-order valence-corrected chi connectivity index (χ3v) is 5.86. The Hall–Kier alpha value is -1.92. The van der Waals surface area contributed by atoms with Crippen LogP contribution in [0.3, 0.4) is 0 Å². The molecule has 5 nitrogen and oxygen atoms in total. The van der Waals surface area contributed by atoms with E-state index in [0.29, 0.717) is 24.8 Å². The predicted molar refractivity (Wildman–Crippen MR) is 99.1 cm³/mol. The standard InChI is InChI=1S/C19H23N3O2S/c1-2-5-15-12-25-17(20-15)21-18(23)22-10-11-24-19(13-22)9-8-14-6-3-4-7-16(14)19/h3-4,6-7,12H,2,5,8-11,13H2,1H3,(H,20,21,23). The van der Waals surface area contributed by atoms with Crippen molar-refractivity contribution in [2.24, 2.45) is 0 Å². The van der Waals surface area contributed by atoms with Crippen molar-refractivity contribution in [1.82, 2.24) is 9.88 Å². The van der Waals surface area contributed by atoms with Gasteiger partial charge in [-0.25, -0.2) is 9.78 Å². The van der Waals surface area contributed by atoms with Crippen molar-refractivity contribution in [2.75, 3.05) is 25.0 Å². The molecule has 0 saturated carbocycles. The molecular weight excluding hydrogens is 334 g/mol. The van der Waals surface area contributed by atoms with Crippen LogP contribution < -0.4 is 5.32 Å². The molecule has 2 aliphatic rings. The summed E-state index contributed by atoms with van der Waals surface area (Å²) in [7, 11) is 0. The number of anilines is 1. The number of morpholine rings is 1. The summed E-state index contributed by atoms with van der Waals surface area (Å²) in [4.78, 5) is 19.1. The summed E-state index contributed by atoms with van der Waals surface area (Å²) in [5.74, 6) is 0. The molecule has 1 atom stereocenters. The van der Waals surface area contributed by atoms with Gasteiger partial charge in [0.05, 0.1) is 18.8 Å². The highest BCUT2D eigenvalue weighted by molar-refractivity contribution is 7.13. The number of aryl methyl sites for hydroxylation is 2. The van der Waals surface area contributed by atoms with Gasteiger partial charge in [-0.3, -0.25) is 5.32 Å². The number of benzene rings is 1. The highest BCUT2D eigenvalue weighted by Crippen LogP contribution is 2.42. The van der Waals surface area contributed by atoms with Gasteiger partial charge in [-0.1, -0.05) is 37.6 Å². The fraction of sp³-hybridized carbons (Fsp3) is 0.474. The molecule has 1 aromatic heterocycles. The number of nitrogens with one attached hydrogen (secondary N) is 1. The van der Waals surface area contributed by atoms with Gasteiger partial charge in [0.25, 0.3) is 0 Å². The molecule has 6 heteroatoms. The number of aromatic nitrogens is 1. The minimum absolute atomic E-state index is 0.0792. The van der Waals surface area contributed by atoms with Crippen LogP contribution in [-0.2, 0) is 23.2 Å². The molecule has 1 unspecified atom stereocenters. The van der Waals surface area contributed by atoms with E-state index < -0.39 is 0 Å². The van der Waals surface area contributed by atoms with Gasteiger partial charge in [-0.05, 0) is 30.4 Å². The number of carbonyl (C=O) groups is 1. The number of fused-ring (bicyclic) bond motifs is 2. The van der Waals surface area contributed by atoms with Crippen molar-refractivity contribution in [2.45, 2.75) is 38.2 Å². The van der Waals surface area contributed by atoms with Crippen molar-refractivity contribution in [1.29, 1.82) is 0 Å². The van der Waals surface area contributed by atoms with Crippen LogP contribution in [0.1, 0.15) is 36.6 Å². The number of nitrogens with zero attached hydrogens (tertiary/aromatic N) is 2. The normalized spacial score (nSPS) is 22.2. The minimum Gasteiger partial charge on any atom is -0.367 e. The van der Waals surface area contributed by atoms with E-state index in [1.165, 1.54) is 22.5 Å². The number of hydrogen-bond donors (Lipinski definition) is 1. The van der Waals surface area contributed by atoms with E-state index in [4.69, 9.17) is 4.74 Å². The van der Waals surface area contributed by atoms with Gasteiger partial charge in [0.15, 0.2) is 5.13 Å². The zero-order valence-electron chi connectivity index (χ0n) is 14.5. The average molecular weight is 357 g/mol. The van der Waals surface area contributed by atoms with Gasteiger partial charge in [-0.15, -0.1) is 11.3 Å². The second kappa shape index (κ2) is 6.77. The average Bonchev–Trinajstić information content (AvgIpc) is 3.21. The SMILES string of the molecule is CCCc1csc(NC(=O)N2CCOC3(CCc4ccccc43)C2)n1. The van der Waals surface area contributed by atoms with Crippen molar-refractivity contribution in [3.8, 4) is 0 Å². The molecule has 1 saturated heterocycles. The van der Waals surface area contributed by atoms with Crippen LogP contribution in [0.2, 0.25) is 0 Å². The minimum atomic E-state index is -0.345. The molecule has 2 heterocycles. The molecule has 4 rings (SSSR count). The Labute approximate surface area is 152 Å². The number of ether oxygens (including phenoxy) is 1. The van der Waals surface area contributed by atoms with E-state index in [1.807, 2.05) is 10.3 Å². The summed E-state index contributed by atoms with van der Waals surface area (Å²) >= 11 is 1.49. The van der Waals surface area contributed by atoms with E-state index in [9.17, 15) is 4.79 Å². The van der Waals surface area contributed by atoms with Crippen molar-refractivity contribution >= 4 is 22.5 Å². The fourth-order valence-corrected chi connectivity index (χ4v) is 4.57. The highest BCUT2D eigenvalue weighted by atomic mass is 32.1. The van der Waals surface area contributed by atoms with Gasteiger partial charge in [0.2, 0.25) is 0 Å². The van der Waals surface area contributed by atoms with Crippen LogP contribution in [0.5, 0.6) is 0 Å². The number of urea groups is 1. The fourth-order valence-electron chi connectivity index (χ4n) is 3.83. The van der Waals surface area contributed by atoms with Crippen LogP contribution in [0.15, 0.2) is 29.6 Å². The van der Waals surface area contributed by atoms with Crippen LogP contribution in [0.25, 0.3) is 0 Å². The van der Waals surface area contributed by atoms with Gasteiger partial charge in [0, 0.05) is 11.9 Å². The van der Waals surface area contributed by atoms with E-state index in [-0.39, 0.29) is 11.6 Å². The summed E-state index contributed by atoms with van der Waals surface area (Å²) in [6.07, 6.45) is 3.96. The molecule has 0 bridgehead atoms. The zero-order chi connectivity index (χ0) is 17.3. The van der Waals surface area contributed by atoms with Crippen LogP contribution in [0.4, 0.5) is 9.93 Å². The molecule has 132 valence electrons. The van der Waals surface area contributed by atoms with Gasteiger partial charge >= 0.3 is 6.03 Å². The lowest BCUT2D eigenvalue weighted by atomic mass is 9.94. The molecule has 1 N–H and O–H groups in total. The quantitative estimate of drug-likeness (QED) is 0.909. The molecule has 2 aromatic rings. The Morgan fingerprint density at radius 3 is 3.20 bits per heavy atom. The van der Waals surface area contributed by atoms with E-state index >= 15 is 0 Å². The Morgan fingerprint density at radius 2 is 2.32 bits per heavy atom. The van der Waals surface area contributed by atoms with Crippen LogP contribution >= 0.6 is 11.3 Å². The van der Waals surface area contributed by atoms with E-state index in [2.05, 4.69) is 41.5 Å². The maximum absolute atomic E-state index is 12.7. The summed E-state index contributed by atoms with van der Waals surface area (Å²) in [5, 5.41) is 5.66. The number of rotatable bonds is 3. The third-order valence-electron chi connectivity index (χ3n) is 5.05. The van der Waals surface area contributed by atoms with Crippen molar-refractivity contribution in [3.63, 3.8) is 0 Å². The topological polar surface area (TPSA) is 54.5 Å². The largest absolute Gasteiger partial charge is 0.367 e. The molecule has 0 radical (unpaired) electrons. The Kier molecular flexibility index (Phi) is 4.48. The Bertz CT molecular complexity index is 772. The molecular formula is C19H23N3O2S. The lowest BCUT2D eigenvalue weighted by Gasteiger charge is -2.41. The highest BCUT2D eigenvalue weighted by Gasteiger charge is 2.44. The van der Waals surface area contributed by atoms with Crippen LogP contribution in [0, 0.1) is 0 Å². The maximum Gasteiger partial charge on any atom is 0.323 e. The third kappa shape index (κ3) is 3.16. The van der Waals surface area contributed by atoms with Gasteiger partial charge in [0.1, 0.15) is 5.60 Å². The molecule has 25 heavy (non-hydrogen) atoms. The maximum atomic E-state index is 12.7. The number of carbonyl (C=O) groups excluding carboxylic acids is 1. The van der Waals surface area contributed by atoms with Gasteiger partial charge in [-0.2, -0.15) is 0 Å². The summed E-state index contributed by atoms with van der Waals surface area (Å²) < 4.78 is 6.18. The summed E-state index contributed by atoms with van der Waals surface area (Å²) in [5.41, 5.74) is 3.29. The molecule has 1 aromatic carbocycles. The molecule has 1 fully saturated rings. The zero-order valence-corrected chi connectivity index (χ0v) is 15.3. The van der Waals surface area contributed by atoms with Gasteiger partial charge < -0.3 is 9.64 Å². The summed E-state index contributed by atoms with van der Waals surface area (Å²) in [6, 6.07) is 8.35. The number of amides is 2. The first-order chi connectivity index (χ1) is 12.2. The van der Waals surface area contributed by atoms with E-state index in [0.717, 1.165) is 31.4 Å². The smallest absolute Gasteiger partial charge is 0.323 e. The molecule has 1 aliphatic carbocycles. The molecule has 1 spiro atoms. The lowest BCUT2D eigenvalue weighted by molar-refractivity contribution is -0.100. The first kappa shape index (κ1) is 16.5. The molecule has 2 amide bonds. The lowest BCUT2D eigenvalue weighted by Crippen LogP contribution is -2.52. The van der Waals surface area contributed by atoms with E-state index in [1.54, 1.807) is 0 Å². The predicted octanol–water partition coefficient (Wildman–Crippen LogP) is 3.80. The Morgan fingerprint density at radius 1 is 1.44 bits per heavy atom. The van der Waals surface area contributed by atoms with Crippen LogP contribution in [-0.4, -0.2) is 35.6 Å². The number of thiazole rings is 1. The second-order valence-electron chi connectivity index (χ2n) is 6.75. The monoisotopic (exact) mass is 357 g/mol. The first-order valence-corrected chi connectivity index (χ1v) is 9.81. The van der Waals surface area contributed by atoms with Crippen molar-refractivity contribution < 1.29 is 9.53 Å². The second-order valence-corrected chi connectivity index (χ2v) is 7.60.